The summed E-state index contributed by atoms with van der Waals surface area (Å²) in [6.45, 7) is 2.11. The van der Waals surface area contributed by atoms with Crippen LogP contribution in [0.4, 0.5) is 0 Å². The Kier molecular flexibility index (Phi) is 1.58. The Morgan fingerprint density at radius 2 is 2.57 bits per heavy atom. The molecule has 0 aliphatic carbocycles. The molecule has 0 atom stereocenters. The highest BCUT2D eigenvalue weighted by atomic mass is 32.2. The van der Waals surface area contributed by atoms with Gasteiger partial charge in [-0.15, -0.1) is 11.8 Å². The maximum Gasteiger partial charge on any atom is 0.0158 e. The second-order valence-corrected chi connectivity index (χ2v) is 2.50. The molecule has 0 nitrogen and oxygen atoms in total. The van der Waals surface area contributed by atoms with Crippen molar-refractivity contribution in [1.82, 2.24) is 0 Å². The van der Waals surface area contributed by atoms with E-state index in [-0.39, 0.29) is 0 Å². The molecule has 1 heteroatoms. The number of allylic oxidation sites excluding steroid dienone is 2. The summed E-state index contributed by atoms with van der Waals surface area (Å²) in [6.07, 6.45) is 4.33. The van der Waals surface area contributed by atoms with Crippen LogP contribution >= 0.6 is 11.8 Å². The lowest BCUT2D eigenvalue weighted by atomic mass is 10.3. The fourth-order valence-corrected chi connectivity index (χ4v) is 1.15. The van der Waals surface area contributed by atoms with Gasteiger partial charge in [0.15, 0.2) is 0 Å². The van der Waals surface area contributed by atoms with E-state index in [0.29, 0.717) is 0 Å². The van der Waals surface area contributed by atoms with E-state index in [0.717, 1.165) is 5.75 Å². The summed E-state index contributed by atoms with van der Waals surface area (Å²) in [5, 5.41) is 2.18. The van der Waals surface area contributed by atoms with E-state index in [1.807, 2.05) is 11.8 Å². The van der Waals surface area contributed by atoms with E-state index in [9.17, 15) is 0 Å². The fourth-order valence-electron chi connectivity index (χ4n) is 0.508. The average molecular weight is 112 g/mol. The molecular weight excluding hydrogens is 104 g/mol. The summed E-state index contributed by atoms with van der Waals surface area (Å²) in [5.74, 6) is 1.15. The van der Waals surface area contributed by atoms with Crippen molar-refractivity contribution in [3.8, 4) is 0 Å². The van der Waals surface area contributed by atoms with Crippen molar-refractivity contribution >= 4 is 11.8 Å². The third kappa shape index (κ3) is 1.39. The predicted molar refractivity (Wildman–Crippen MR) is 35.4 cm³/mol. The van der Waals surface area contributed by atoms with Gasteiger partial charge in [0.2, 0.25) is 0 Å². The van der Waals surface area contributed by atoms with E-state index < -0.39 is 0 Å². The fraction of sp³-hybridized carbons (Fsp3) is 0.333. The van der Waals surface area contributed by atoms with E-state index in [1.54, 1.807) is 0 Å². The van der Waals surface area contributed by atoms with E-state index in [2.05, 4.69) is 24.5 Å². The average Bonchev–Trinajstić information content (AvgIpc) is 1.69. The van der Waals surface area contributed by atoms with Crippen LogP contribution in [0.5, 0.6) is 0 Å². The van der Waals surface area contributed by atoms with Crippen LogP contribution in [0.25, 0.3) is 0 Å². The van der Waals surface area contributed by atoms with Crippen molar-refractivity contribution in [2.24, 2.45) is 0 Å². The van der Waals surface area contributed by atoms with Gasteiger partial charge in [0, 0.05) is 5.75 Å². The van der Waals surface area contributed by atoms with Crippen LogP contribution in [0.2, 0.25) is 0 Å². The van der Waals surface area contributed by atoms with Crippen molar-refractivity contribution in [2.45, 2.75) is 6.92 Å². The molecule has 0 aromatic carbocycles. The SMILES string of the molecule is CC1=CSCC=C1. The molecule has 0 radical (unpaired) electrons. The van der Waals surface area contributed by atoms with Gasteiger partial charge < -0.3 is 0 Å². The van der Waals surface area contributed by atoms with Crippen LogP contribution in [0.3, 0.4) is 0 Å². The van der Waals surface area contributed by atoms with Crippen LogP contribution < -0.4 is 0 Å². The van der Waals surface area contributed by atoms with Crippen molar-refractivity contribution < 1.29 is 0 Å². The molecule has 1 aliphatic heterocycles. The van der Waals surface area contributed by atoms with Crippen LogP contribution in [0, 0.1) is 0 Å². The first-order valence-electron chi connectivity index (χ1n) is 2.34. The molecule has 0 N–H and O–H groups in total. The minimum absolute atomic E-state index is 1.15. The van der Waals surface area contributed by atoms with Gasteiger partial charge >= 0.3 is 0 Å². The highest BCUT2D eigenvalue weighted by Crippen LogP contribution is 2.12. The molecule has 0 aromatic rings. The largest absolute Gasteiger partial charge is 0.130 e. The quantitative estimate of drug-likeness (QED) is 0.463. The first-order chi connectivity index (χ1) is 3.39. The van der Waals surface area contributed by atoms with E-state index in [1.165, 1.54) is 5.57 Å². The Bertz CT molecular complexity index is 111. The third-order valence-electron chi connectivity index (χ3n) is 0.842. The number of thioether (sulfide) groups is 1. The van der Waals surface area contributed by atoms with E-state index >= 15 is 0 Å². The Labute approximate surface area is 48.3 Å². The van der Waals surface area contributed by atoms with Crippen molar-refractivity contribution in [1.29, 1.82) is 0 Å². The molecular formula is C6H8S. The first-order valence-corrected chi connectivity index (χ1v) is 3.39. The summed E-state index contributed by atoms with van der Waals surface area (Å²) in [7, 11) is 0. The van der Waals surface area contributed by atoms with Crippen LogP contribution in [0.15, 0.2) is 23.1 Å². The van der Waals surface area contributed by atoms with Gasteiger partial charge in [0.05, 0.1) is 0 Å². The topological polar surface area (TPSA) is 0 Å². The second kappa shape index (κ2) is 2.22. The zero-order chi connectivity index (χ0) is 5.11. The van der Waals surface area contributed by atoms with Gasteiger partial charge in [-0.3, -0.25) is 0 Å². The molecule has 1 aliphatic rings. The van der Waals surface area contributed by atoms with Gasteiger partial charge in [0.25, 0.3) is 0 Å². The summed E-state index contributed by atoms with van der Waals surface area (Å²) in [4.78, 5) is 0. The highest BCUT2D eigenvalue weighted by molar-refractivity contribution is 8.02. The molecule has 1 heterocycles. The highest BCUT2D eigenvalue weighted by Gasteiger charge is 1.86. The molecule has 0 aromatic heterocycles. The molecule has 0 unspecified atom stereocenters. The molecule has 0 saturated carbocycles. The summed E-state index contributed by atoms with van der Waals surface area (Å²) in [5.41, 5.74) is 1.37. The maximum atomic E-state index is 2.18. The number of rotatable bonds is 0. The lowest BCUT2D eigenvalue weighted by molar-refractivity contribution is 1.51. The zero-order valence-corrected chi connectivity index (χ0v) is 5.16. The Morgan fingerprint density at radius 1 is 1.71 bits per heavy atom. The number of hydrogen-bond donors (Lipinski definition) is 0. The predicted octanol–water partition coefficient (Wildman–Crippen LogP) is 2.19. The lowest BCUT2D eigenvalue weighted by Gasteiger charge is -1.96. The summed E-state index contributed by atoms with van der Waals surface area (Å²) >= 11 is 1.85. The third-order valence-corrected chi connectivity index (χ3v) is 1.77. The minimum atomic E-state index is 1.15. The second-order valence-electron chi connectivity index (χ2n) is 1.60. The molecule has 0 amide bonds. The first kappa shape index (κ1) is 4.98. The summed E-state index contributed by atoms with van der Waals surface area (Å²) < 4.78 is 0. The van der Waals surface area contributed by atoms with Crippen molar-refractivity contribution in [3.05, 3.63) is 23.1 Å². The molecule has 7 heavy (non-hydrogen) atoms. The summed E-state index contributed by atoms with van der Waals surface area (Å²) in [6, 6.07) is 0. The van der Waals surface area contributed by atoms with Crippen molar-refractivity contribution in [2.75, 3.05) is 5.75 Å². The normalized spacial score (nSPS) is 19.3. The van der Waals surface area contributed by atoms with Crippen LogP contribution in [0.1, 0.15) is 6.92 Å². The van der Waals surface area contributed by atoms with Gasteiger partial charge in [0.1, 0.15) is 0 Å². The Morgan fingerprint density at radius 3 is 2.86 bits per heavy atom. The molecule has 0 saturated heterocycles. The lowest BCUT2D eigenvalue weighted by Crippen LogP contribution is -1.75. The monoisotopic (exact) mass is 112 g/mol. The Hall–Kier alpha value is -0.170. The smallest absolute Gasteiger partial charge is 0.0158 e. The molecule has 0 spiro atoms. The number of hydrogen-bond acceptors (Lipinski definition) is 1. The van der Waals surface area contributed by atoms with Crippen LogP contribution in [-0.4, -0.2) is 5.75 Å². The van der Waals surface area contributed by atoms with Gasteiger partial charge in [-0.1, -0.05) is 12.2 Å². The van der Waals surface area contributed by atoms with Crippen LogP contribution in [-0.2, 0) is 0 Å². The van der Waals surface area contributed by atoms with Gasteiger partial charge in [-0.2, -0.15) is 0 Å². The van der Waals surface area contributed by atoms with E-state index in [4.69, 9.17) is 0 Å². The van der Waals surface area contributed by atoms with Crippen molar-refractivity contribution in [3.63, 3.8) is 0 Å². The molecule has 0 bridgehead atoms. The standard InChI is InChI=1S/C6H8S/c1-6-3-2-4-7-5-6/h2-3,5H,4H2,1H3. The van der Waals surface area contributed by atoms with Gasteiger partial charge in [-0.05, 0) is 17.9 Å². The zero-order valence-electron chi connectivity index (χ0n) is 4.35. The molecule has 1 rings (SSSR count). The minimum Gasteiger partial charge on any atom is -0.130 e. The Balaban J connectivity index is 2.58. The maximum absolute atomic E-state index is 2.18. The van der Waals surface area contributed by atoms with Gasteiger partial charge in [-0.25, -0.2) is 0 Å². The molecule has 38 valence electrons. The molecule has 0 fully saturated rings.